The maximum Gasteiger partial charge on any atom is 0.255 e. The molecule has 1 amide bonds. The van der Waals surface area contributed by atoms with Gasteiger partial charge in [0.1, 0.15) is 12.4 Å². The molecular weight excluding hydrogens is 484 g/mol. The average Bonchev–Trinajstić information content (AvgIpc) is 3.22. The maximum atomic E-state index is 13.2. The number of rotatable bonds is 7. The Morgan fingerprint density at radius 3 is 2.53 bits per heavy atom. The summed E-state index contributed by atoms with van der Waals surface area (Å²) in [6.45, 7) is 1.98. The summed E-state index contributed by atoms with van der Waals surface area (Å²) in [5, 5.41) is 7.26. The average molecular weight is 504 g/mol. The van der Waals surface area contributed by atoms with Crippen LogP contribution in [0.3, 0.4) is 0 Å². The summed E-state index contributed by atoms with van der Waals surface area (Å²) in [7, 11) is 1.50. The van der Waals surface area contributed by atoms with Crippen LogP contribution >= 0.6 is 23.2 Å². The molecule has 0 fully saturated rings. The van der Waals surface area contributed by atoms with E-state index in [2.05, 4.69) is 15.5 Å². The SMILES string of the molecule is COc1ccc(C(=O)Nc2c(Cl)cncc2Cl)cc1OCC1(C)CC(c2ccc(F)cc2)=NO1. The molecule has 0 radical (unpaired) electrons. The smallest absolute Gasteiger partial charge is 0.255 e. The molecule has 176 valence electrons. The number of ether oxygens (including phenoxy) is 2. The van der Waals surface area contributed by atoms with Crippen LogP contribution in [0, 0.1) is 5.82 Å². The lowest BCUT2D eigenvalue weighted by molar-refractivity contribution is -0.0361. The minimum Gasteiger partial charge on any atom is -0.493 e. The van der Waals surface area contributed by atoms with Crippen LogP contribution in [0.4, 0.5) is 10.1 Å². The van der Waals surface area contributed by atoms with Crippen molar-refractivity contribution >= 4 is 40.5 Å². The molecule has 1 N–H and O–H groups in total. The fourth-order valence-electron chi connectivity index (χ4n) is 3.34. The van der Waals surface area contributed by atoms with E-state index < -0.39 is 11.5 Å². The molecule has 0 spiro atoms. The predicted molar refractivity (Wildman–Crippen MR) is 128 cm³/mol. The standard InChI is InChI=1S/C24H20Cl2FN3O4/c1-24(10-19(30-34-24)14-3-6-16(27)7-4-14)13-33-21-9-15(5-8-20(21)32-2)23(31)29-22-17(25)11-28-12-18(22)26/h3-9,11-12H,10,13H2,1-2H3,(H,28,29,31). The second-order valence-corrected chi connectivity index (χ2v) is 8.66. The van der Waals surface area contributed by atoms with E-state index in [0.717, 1.165) is 5.56 Å². The first-order valence-electron chi connectivity index (χ1n) is 10.2. The van der Waals surface area contributed by atoms with Gasteiger partial charge in [-0.15, -0.1) is 0 Å². The van der Waals surface area contributed by atoms with Crippen LogP contribution in [0.15, 0.2) is 60.0 Å². The van der Waals surface area contributed by atoms with E-state index >= 15 is 0 Å². The fourth-order valence-corrected chi connectivity index (χ4v) is 3.80. The van der Waals surface area contributed by atoms with Crippen molar-refractivity contribution in [2.45, 2.75) is 18.9 Å². The molecule has 2 aromatic carbocycles. The Hall–Kier alpha value is -3.36. The Morgan fingerprint density at radius 1 is 1.15 bits per heavy atom. The maximum absolute atomic E-state index is 13.2. The summed E-state index contributed by atoms with van der Waals surface area (Å²) < 4.78 is 24.6. The first-order valence-corrected chi connectivity index (χ1v) is 11.0. The van der Waals surface area contributed by atoms with Crippen molar-refractivity contribution in [1.82, 2.24) is 4.98 Å². The lowest BCUT2D eigenvalue weighted by atomic mass is 9.97. The zero-order valence-electron chi connectivity index (χ0n) is 18.3. The molecule has 3 aromatic rings. The van der Waals surface area contributed by atoms with Crippen LogP contribution < -0.4 is 14.8 Å². The van der Waals surface area contributed by atoms with Gasteiger partial charge in [0.2, 0.25) is 0 Å². The topological polar surface area (TPSA) is 82.0 Å². The molecule has 0 saturated carbocycles. The van der Waals surface area contributed by atoms with Crippen LogP contribution in [-0.2, 0) is 4.84 Å². The number of carbonyl (C=O) groups excluding carboxylic acids is 1. The molecule has 2 heterocycles. The van der Waals surface area contributed by atoms with Crippen molar-refractivity contribution in [2.24, 2.45) is 5.16 Å². The quantitative estimate of drug-likeness (QED) is 0.443. The monoisotopic (exact) mass is 503 g/mol. The Kier molecular flexibility index (Phi) is 6.90. The minimum absolute atomic E-state index is 0.130. The third kappa shape index (κ3) is 5.24. The van der Waals surface area contributed by atoms with Gasteiger partial charge < -0.3 is 19.6 Å². The van der Waals surface area contributed by atoms with Crippen molar-refractivity contribution in [3.8, 4) is 11.5 Å². The van der Waals surface area contributed by atoms with Crippen LogP contribution in [-0.4, -0.2) is 35.9 Å². The Labute approximate surface area is 205 Å². The van der Waals surface area contributed by atoms with Gasteiger partial charge in [-0.2, -0.15) is 0 Å². The van der Waals surface area contributed by atoms with Crippen LogP contribution in [0.25, 0.3) is 0 Å². The number of benzene rings is 2. The molecule has 0 bridgehead atoms. The molecule has 34 heavy (non-hydrogen) atoms. The molecule has 4 rings (SSSR count). The van der Waals surface area contributed by atoms with Crippen LogP contribution in [0.5, 0.6) is 11.5 Å². The van der Waals surface area contributed by atoms with Gasteiger partial charge in [0.25, 0.3) is 5.91 Å². The summed E-state index contributed by atoms with van der Waals surface area (Å²) >= 11 is 12.2. The number of nitrogens with zero attached hydrogens (tertiary/aromatic N) is 2. The highest BCUT2D eigenvalue weighted by Gasteiger charge is 2.36. The third-order valence-corrected chi connectivity index (χ3v) is 5.72. The molecule has 1 aliphatic rings. The number of aromatic nitrogens is 1. The zero-order valence-corrected chi connectivity index (χ0v) is 19.8. The molecule has 1 atom stereocenters. The first kappa shape index (κ1) is 23.8. The van der Waals surface area contributed by atoms with Gasteiger partial charge in [-0.3, -0.25) is 9.78 Å². The molecule has 0 saturated heterocycles. The summed E-state index contributed by atoms with van der Waals surface area (Å²) in [6, 6.07) is 10.8. The number of halogens is 3. The molecule has 0 aliphatic carbocycles. The van der Waals surface area contributed by atoms with Gasteiger partial charge in [-0.25, -0.2) is 4.39 Å². The molecule has 1 aromatic heterocycles. The minimum atomic E-state index is -0.759. The number of methoxy groups -OCH3 is 1. The Morgan fingerprint density at radius 2 is 1.85 bits per heavy atom. The van der Waals surface area contributed by atoms with Crippen LogP contribution in [0.1, 0.15) is 29.3 Å². The highest BCUT2D eigenvalue weighted by atomic mass is 35.5. The fraction of sp³-hybridized carbons (Fsp3) is 0.208. The Bertz CT molecular complexity index is 1230. The van der Waals surface area contributed by atoms with Crippen molar-refractivity contribution < 1.29 is 23.5 Å². The van der Waals surface area contributed by atoms with Gasteiger partial charge in [-0.1, -0.05) is 40.5 Å². The third-order valence-electron chi connectivity index (χ3n) is 5.15. The number of oxime groups is 1. The molecular formula is C24H20Cl2FN3O4. The number of amides is 1. The van der Waals surface area contributed by atoms with Crippen molar-refractivity contribution in [3.05, 3.63) is 81.8 Å². The lowest BCUT2D eigenvalue weighted by Gasteiger charge is -2.22. The molecule has 10 heteroatoms. The molecule has 1 aliphatic heterocycles. The van der Waals surface area contributed by atoms with Crippen molar-refractivity contribution in [2.75, 3.05) is 19.0 Å². The molecule has 1 unspecified atom stereocenters. The second kappa shape index (κ2) is 9.87. The van der Waals surface area contributed by atoms with E-state index in [-0.39, 0.29) is 28.2 Å². The summed E-state index contributed by atoms with van der Waals surface area (Å²) in [5.74, 6) is 0.0338. The Balaban J connectivity index is 1.46. The van der Waals surface area contributed by atoms with Gasteiger partial charge >= 0.3 is 0 Å². The van der Waals surface area contributed by atoms with Crippen LogP contribution in [0.2, 0.25) is 10.0 Å². The number of hydrogen-bond donors (Lipinski definition) is 1. The van der Waals surface area contributed by atoms with Gasteiger partial charge in [-0.05, 0) is 42.8 Å². The van der Waals surface area contributed by atoms with Crippen molar-refractivity contribution in [3.63, 3.8) is 0 Å². The molecule has 7 nitrogen and oxygen atoms in total. The summed E-state index contributed by atoms with van der Waals surface area (Å²) in [5.41, 5.74) is 1.28. The van der Waals surface area contributed by atoms with Gasteiger partial charge in [0.05, 0.1) is 28.6 Å². The van der Waals surface area contributed by atoms with E-state index in [1.165, 1.54) is 31.6 Å². The number of hydrogen-bond acceptors (Lipinski definition) is 6. The van der Waals surface area contributed by atoms with E-state index in [9.17, 15) is 9.18 Å². The largest absolute Gasteiger partial charge is 0.493 e. The highest BCUT2D eigenvalue weighted by molar-refractivity contribution is 6.39. The van der Waals surface area contributed by atoms with Gasteiger partial charge in [0.15, 0.2) is 17.1 Å². The highest BCUT2D eigenvalue weighted by Crippen LogP contribution is 2.33. The zero-order chi connectivity index (χ0) is 24.3. The lowest BCUT2D eigenvalue weighted by Crippen LogP contribution is -2.33. The van der Waals surface area contributed by atoms with Gasteiger partial charge in [0, 0.05) is 24.4 Å². The number of nitrogens with one attached hydrogen (secondary N) is 1. The van der Waals surface area contributed by atoms with E-state index in [1.807, 2.05) is 6.92 Å². The second-order valence-electron chi connectivity index (χ2n) is 7.85. The predicted octanol–water partition coefficient (Wildman–Crippen LogP) is 5.75. The van der Waals surface area contributed by atoms with E-state index in [4.69, 9.17) is 37.5 Å². The summed E-state index contributed by atoms with van der Waals surface area (Å²) in [6.07, 6.45) is 3.23. The van der Waals surface area contributed by atoms with E-state index in [1.54, 1.807) is 30.3 Å². The van der Waals surface area contributed by atoms with E-state index in [0.29, 0.717) is 29.2 Å². The number of anilines is 1. The normalized spacial score (nSPS) is 17.0. The summed E-state index contributed by atoms with van der Waals surface area (Å²) in [4.78, 5) is 22.3. The van der Waals surface area contributed by atoms with Crippen molar-refractivity contribution in [1.29, 1.82) is 0 Å². The number of pyridine rings is 1. The number of carbonyl (C=O) groups is 1. The first-order chi connectivity index (χ1) is 16.3.